The van der Waals surface area contributed by atoms with Crippen LogP contribution in [0, 0.1) is 0 Å². The second-order valence-corrected chi connectivity index (χ2v) is 11.9. The Bertz CT molecular complexity index is 1010. The first-order chi connectivity index (χ1) is 16.3. The van der Waals surface area contributed by atoms with E-state index in [4.69, 9.17) is 9.47 Å². The second-order valence-electron chi connectivity index (χ2n) is 10.0. The van der Waals surface area contributed by atoms with Gasteiger partial charge in [0.2, 0.25) is 0 Å². The van der Waals surface area contributed by atoms with Crippen molar-refractivity contribution in [2.24, 2.45) is 4.40 Å². The SMILES string of the molecule is CC(C)(C)[S@@+]([O-])N=Cc1ccc2c(c1)CCC(NC(=O)c1ccc(OCC3CCCO3)cc1)C2. The zero-order valence-electron chi connectivity index (χ0n) is 20.2. The summed E-state index contributed by atoms with van der Waals surface area (Å²) >= 11 is -1.27. The summed E-state index contributed by atoms with van der Waals surface area (Å²) in [5.41, 5.74) is 4.10. The largest absolute Gasteiger partial charge is 0.591 e. The molecule has 1 N–H and O–H groups in total. The molecule has 7 heteroatoms. The minimum Gasteiger partial charge on any atom is -0.591 e. The number of benzene rings is 2. The number of carbonyl (C=O) groups excluding carboxylic acids is 1. The Labute approximate surface area is 205 Å². The number of hydrogen-bond acceptors (Lipinski definition) is 5. The molecule has 6 nitrogen and oxygen atoms in total. The van der Waals surface area contributed by atoms with Crippen molar-refractivity contribution in [2.45, 2.75) is 69.8 Å². The van der Waals surface area contributed by atoms with Gasteiger partial charge in [-0.25, -0.2) is 0 Å². The van der Waals surface area contributed by atoms with Gasteiger partial charge in [-0.05, 0) is 99.9 Å². The highest BCUT2D eigenvalue weighted by Crippen LogP contribution is 2.24. The summed E-state index contributed by atoms with van der Waals surface area (Å²) in [4.78, 5) is 12.8. The van der Waals surface area contributed by atoms with Crippen molar-refractivity contribution >= 4 is 23.5 Å². The highest BCUT2D eigenvalue weighted by atomic mass is 32.2. The molecule has 2 aliphatic rings. The summed E-state index contributed by atoms with van der Waals surface area (Å²) in [6.45, 7) is 7.10. The van der Waals surface area contributed by atoms with E-state index in [2.05, 4.69) is 21.8 Å². The molecule has 0 spiro atoms. The molecule has 1 amide bonds. The second kappa shape index (κ2) is 10.9. The Morgan fingerprint density at radius 3 is 2.71 bits per heavy atom. The van der Waals surface area contributed by atoms with Crippen LogP contribution in [0.2, 0.25) is 0 Å². The Hall–Kier alpha value is -2.35. The minimum atomic E-state index is -1.27. The number of nitrogens with one attached hydrogen (secondary N) is 1. The lowest BCUT2D eigenvalue weighted by molar-refractivity contribution is 0.0679. The molecule has 1 saturated heterocycles. The van der Waals surface area contributed by atoms with Gasteiger partial charge in [0.05, 0.1) is 12.3 Å². The lowest BCUT2D eigenvalue weighted by Crippen LogP contribution is -2.38. The van der Waals surface area contributed by atoms with Crippen LogP contribution in [0.1, 0.15) is 67.1 Å². The van der Waals surface area contributed by atoms with E-state index in [1.54, 1.807) is 6.21 Å². The van der Waals surface area contributed by atoms with Crippen LogP contribution in [0.25, 0.3) is 0 Å². The summed E-state index contributed by atoms with van der Waals surface area (Å²) in [5, 5.41) is 3.18. The lowest BCUT2D eigenvalue weighted by atomic mass is 9.87. The summed E-state index contributed by atoms with van der Waals surface area (Å²) in [5.74, 6) is 0.692. The highest BCUT2D eigenvalue weighted by Gasteiger charge is 2.26. The maximum Gasteiger partial charge on any atom is 0.251 e. The van der Waals surface area contributed by atoms with Crippen molar-refractivity contribution < 1.29 is 18.8 Å². The van der Waals surface area contributed by atoms with Crippen LogP contribution in [-0.2, 0) is 28.9 Å². The van der Waals surface area contributed by atoms with Crippen molar-refractivity contribution in [1.82, 2.24) is 5.32 Å². The third-order valence-corrected chi connectivity index (χ3v) is 7.54. The fraction of sp³-hybridized carbons (Fsp3) is 0.481. The maximum atomic E-state index is 12.8. The first-order valence-corrected chi connectivity index (χ1v) is 13.1. The summed E-state index contributed by atoms with van der Waals surface area (Å²) in [6, 6.07) is 13.6. The molecule has 2 unspecified atom stereocenters. The number of nitrogens with zero attached hydrogens (tertiary/aromatic N) is 1. The van der Waals surface area contributed by atoms with E-state index in [9.17, 15) is 9.35 Å². The summed E-state index contributed by atoms with van der Waals surface area (Å²) in [7, 11) is 0. The van der Waals surface area contributed by atoms with E-state index >= 15 is 0 Å². The minimum absolute atomic E-state index is 0.0625. The van der Waals surface area contributed by atoms with E-state index in [0.717, 1.165) is 50.0 Å². The van der Waals surface area contributed by atoms with Gasteiger partial charge in [-0.2, -0.15) is 0 Å². The van der Waals surface area contributed by atoms with Crippen molar-refractivity contribution in [3.63, 3.8) is 0 Å². The Balaban J connectivity index is 1.29. The molecule has 0 saturated carbocycles. The summed E-state index contributed by atoms with van der Waals surface area (Å²) in [6.07, 6.45) is 6.58. The molecule has 1 fully saturated rings. The van der Waals surface area contributed by atoms with Crippen molar-refractivity contribution in [3.8, 4) is 5.75 Å². The maximum absolute atomic E-state index is 12.8. The smallest absolute Gasteiger partial charge is 0.251 e. The topological polar surface area (TPSA) is 83.0 Å². The van der Waals surface area contributed by atoms with Crippen LogP contribution in [0.15, 0.2) is 46.9 Å². The number of carbonyl (C=O) groups is 1. The Morgan fingerprint density at radius 2 is 2.00 bits per heavy atom. The van der Waals surface area contributed by atoms with Crippen LogP contribution >= 0.6 is 0 Å². The van der Waals surface area contributed by atoms with Gasteiger partial charge in [0.25, 0.3) is 5.91 Å². The molecule has 0 radical (unpaired) electrons. The molecular weight excluding hydrogens is 448 g/mol. The highest BCUT2D eigenvalue weighted by molar-refractivity contribution is 7.91. The van der Waals surface area contributed by atoms with Crippen LogP contribution in [0.5, 0.6) is 5.75 Å². The zero-order valence-corrected chi connectivity index (χ0v) is 21.0. The third kappa shape index (κ3) is 6.62. The Kier molecular flexibility index (Phi) is 7.96. The molecule has 1 aliphatic heterocycles. The molecule has 0 bridgehead atoms. The van der Waals surface area contributed by atoms with E-state index in [0.29, 0.717) is 12.2 Å². The van der Waals surface area contributed by atoms with E-state index in [-0.39, 0.29) is 22.8 Å². The molecule has 2 aromatic carbocycles. The summed E-state index contributed by atoms with van der Waals surface area (Å²) < 4.78 is 27.4. The van der Waals surface area contributed by atoms with Gasteiger partial charge in [0.1, 0.15) is 28.5 Å². The molecule has 1 heterocycles. The van der Waals surface area contributed by atoms with E-state index in [1.165, 1.54) is 11.1 Å². The van der Waals surface area contributed by atoms with Crippen LogP contribution < -0.4 is 10.1 Å². The van der Waals surface area contributed by atoms with Gasteiger partial charge in [-0.3, -0.25) is 4.79 Å². The van der Waals surface area contributed by atoms with Crippen molar-refractivity contribution in [3.05, 3.63) is 64.7 Å². The van der Waals surface area contributed by atoms with Gasteiger partial charge < -0.3 is 19.3 Å². The average molecular weight is 483 g/mol. The molecule has 182 valence electrons. The monoisotopic (exact) mass is 482 g/mol. The fourth-order valence-corrected chi connectivity index (χ4v) is 4.72. The predicted molar refractivity (Wildman–Crippen MR) is 136 cm³/mol. The molecular formula is C27H34N2O4S. The number of rotatable bonds is 7. The Morgan fingerprint density at radius 1 is 1.21 bits per heavy atom. The molecule has 4 rings (SSSR count). The molecule has 3 atom stereocenters. The number of aryl methyl sites for hydroxylation is 1. The zero-order chi connectivity index (χ0) is 24.1. The van der Waals surface area contributed by atoms with Gasteiger partial charge in [0.15, 0.2) is 0 Å². The standard InChI is InChI=1S/C27H34N2O4S/c1-27(2,3)34(31)28-17-19-6-7-22-16-23(11-8-21(22)15-19)29-26(30)20-9-12-24(13-10-20)33-18-25-5-4-14-32-25/h6-7,9-10,12-13,15,17,23,25H,4-5,8,11,14,16,18H2,1-3H3,(H,29,30)/t23?,25?,34-/m1/s1. The number of hydrogen-bond donors (Lipinski definition) is 1. The van der Waals surface area contributed by atoms with Gasteiger partial charge in [-0.15, -0.1) is 0 Å². The third-order valence-electron chi connectivity index (χ3n) is 6.19. The normalized spacial score (nSPS) is 21.3. The lowest BCUT2D eigenvalue weighted by Gasteiger charge is -2.26. The molecule has 1 aliphatic carbocycles. The van der Waals surface area contributed by atoms with Gasteiger partial charge in [0, 0.05) is 18.2 Å². The first-order valence-electron chi connectivity index (χ1n) is 12.0. The predicted octanol–water partition coefficient (Wildman–Crippen LogP) is 4.41. The molecule has 2 aromatic rings. The molecule has 34 heavy (non-hydrogen) atoms. The number of ether oxygens (including phenoxy) is 2. The average Bonchev–Trinajstić information content (AvgIpc) is 3.34. The van der Waals surface area contributed by atoms with Crippen LogP contribution in [0.4, 0.5) is 0 Å². The quantitative estimate of drug-likeness (QED) is 0.468. The fourth-order valence-electron chi connectivity index (χ4n) is 4.18. The molecule has 0 aromatic heterocycles. The van der Waals surface area contributed by atoms with E-state index < -0.39 is 11.4 Å². The van der Waals surface area contributed by atoms with Gasteiger partial charge in [-0.1, -0.05) is 16.5 Å². The van der Waals surface area contributed by atoms with Crippen molar-refractivity contribution in [1.29, 1.82) is 0 Å². The van der Waals surface area contributed by atoms with Crippen LogP contribution in [0.3, 0.4) is 0 Å². The van der Waals surface area contributed by atoms with E-state index in [1.807, 2.05) is 51.1 Å². The first kappa shape index (κ1) is 24.8. The van der Waals surface area contributed by atoms with Crippen LogP contribution in [-0.4, -0.2) is 46.8 Å². The number of fused-ring (bicyclic) bond motifs is 1. The number of amides is 1. The van der Waals surface area contributed by atoms with Crippen molar-refractivity contribution in [2.75, 3.05) is 13.2 Å². The van der Waals surface area contributed by atoms with Gasteiger partial charge >= 0.3 is 0 Å².